The van der Waals surface area contributed by atoms with Gasteiger partial charge in [0, 0.05) is 25.2 Å². The number of benzene rings is 3. The van der Waals surface area contributed by atoms with Crippen LogP contribution in [0.3, 0.4) is 0 Å². The van der Waals surface area contributed by atoms with Gasteiger partial charge in [-0.1, -0.05) is 86.6 Å². The Balaban J connectivity index is 1.59. The molecule has 0 bridgehead atoms. The van der Waals surface area contributed by atoms with E-state index in [0.717, 1.165) is 27.5 Å². The van der Waals surface area contributed by atoms with Crippen LogP contribution >= 0.6 is 0 Å². The van der Waals surface area contributed by atoms with Gasteiger partial charge in [-0.25, -0.2) is 4.79 Å². The van der Waals surface area contributed by atoms with E-state index in [2.05, 4.69) is 20.9 Å². The number of esters is 1. The van der Waals surface area contributed by atoms with Crippen LogP contribution in [0, 0.1) is 5.92 Å². The Morgan fingerprint density at radius 2 is 1.40 bits per heavy atom. The molecule has 0 radical (unpaired) electrons. The van der Waals surface area contributed by atoms with Crippen molar-refractivity contribution in [2.24, 2.45) is 5.92 Å². The smallest absolute Gasteiger partial charge is 0.408 e. The summed E-state index contributed by atoms with van der Waals surface area (Å²) >= 11 is 0. The highest BCUT2D eigenvalue weighted by Crippen LogP contribution is 2.20. The van der Waals surface area contributed by atoms with Crippen molar-refractivity contribution >= 4 is 34.6 Å². The van der Waals surface area contributed by atoms with E-state index in [1.165, 1.54) is 0 Å². The number of aliphatic hydroxyl groups is 1. The minimum atomic E-state index is -1.21. The minimum absolute atomic E-state index is 0.00766. The van der Waals surface area contributed by atoms with Gasteiger partial charge in [0.25, 0.3) is 0 Å². The highest BCUT2D eigenvalue weighted by Gasteiger charge is 2.32. The lowest BCUT2D eigenvalue weighted by molar-refractivity contribution is -0.146. The van der Waals surface area contributed by atoms with E-state index in [1.807, 2.05) is 86.6 Å². The summed E-state index contributed by atoms with van der Waals surface area (Å²) in [5, 5.41) is 21.3. The summed E-state index contributed by atoms with van der Waals surface area (Å²) in [7, 11) is 0. The summed E-state index contributed by atoms with van der Waals surface area (Å²) in [6, 6.07) is 23.1. The van der Waals surface area contributed by atoms with Crippen molar-refractivity contribution in [3.05, 3.63) is 114 Å². The zero-order valence-corrected chi connectivity index (χ0v) is 28.7. The third-order valence-electron chi connectivity index (χ3n) is 8.15. The first-order valence-electron chi connectivity index (χ1n) is 16.9. The Bertz CT molecular complexity index is 1700. The average molecular weight is 683 g/mol. The molecule has 4 rings (SSSR count). The number of nitrogens with one attached hydrogen (secondary N) is 3. The maximum absolute atomic E-state index is 14.1. The zero-order chi connectivity index (χ0) is 35.9. The number of fused-ring (bicyclic) bond motifs is 1. The van der Waals surface area contributed by atoms with Crippen molar-refractivity contribution in [3.8, 4) is 0 Å². The largest absolute Gasteiger partial charge is 0.466 e. The van der Waals surface area contributed by atoms with Crippen molar-refractivity contribution in [2.45, 2.75) is 77.3 Å². The normalized spacial score (nSPS) is 13.5. The van der Waals surface area contributed by atoms with Gasteiger partial charge in [0.05, 0.1) is 25.2 Å². The molecule has 4 N–H and O–H groups in total. The fourth-order valence-electron chi connectivity index (χ4n) is 5.68. The van der Waals surface area contributed by atoms with Crippen LogP contribution in [0.15, 0.2) is 97.3 Å². The van der Waals surface area contributed by atoms with Gasteiger partial charge in [0.2, 0.25) is 11.8 Å². The molecule has 4 aromatic rings. The van der Waals surface area contributed by atoms with Crippen LogP contribution in [0.2, 0.25) is 0 Å². The van der Waals surface area contributed by atoms with Crippen molar-refractivity contribution in [3.63, 3.8) is 0 Å². The second kappa shape index (κ2) is 19.0. The molecule has 0 aliphatic heterocycles. The quantitative estimate of drug-likeness (QED) is 0.117. The van der Waals surface area contributed by atoms with Crippen LogP contribution in [0.1, 0.15) is 50.3 Å². The van der Waals surface area contributed by atoms with Gasteiger partial charge in [0.1, 0.15) is 18.7 Å². The van der Waals surface area contributed by atoms with Crippen LogP contribution in [-0.2, 0) is 43.3 Å². The van der Waals surface area contributed by atoms with E-state index < -0.39 is 48.1 Å². The molecule has 1 unspecified atom stereocenters. The Morgan fingerprint density at radius 1 is 0.740 bits per heavy atom. The molecule has 0 aliphatic rings. The lowest BCUT2D eigenvalue weighted by Gasteiger charge is -2.29. The molecule has 1 aromatic heterocycles. The maximum Gasteiger partial charge on any atom is 0.408 e. The van der Waals surface area contributed by atoms with Gasteiger partial charge >= 0.3 is 12.1 Å². The lowest BCUT2D eigenvalue weighted by atomic mass is 9.96. The molecule has 11 heteroatoms. The predicted octanol–water partition coefficient (Wildman–Crippen LogP) is 4.64. The van der Waals surface area contributed by atoms with E-state index in [1.54, 1.807) is 31.5 Å². The number of rotatable bonds is 17. The van der Waals surface area contributed by atoms with Crippen LogP contribution in [-0.4, -0.2) is 64.8 Å². The molecule has 4 atom stereocenters. The van der Waals surface area contributed by atoms with Gasteiger partial charge < -0.3 is 30.5 Å². The molecule has 3 aromatic carbocycles. The van der Waals surface area contributed by atoms with Crippen molar-refractivity contribution < 1.29 is 33.8 Å². The number of ether oxygens (including phenoxy) is 2. The Hall–Kier alpha value is -5.29. The molecular weight excluding hydrogens is 636 g/mol. The van der Waals surface area contributed by atoms with Gasteiger partial charge in [-0.2, -0.15) is 0 Å². The summed E-state index contributed by atoms with van der Waals surface area (Å²) in [6.45, 7) is 5.73. The number of aliphatic hydroxyl groups excluding tert-OH is 1. The molecule has 1 heterocycles. The molecule has 0 saturated carbocycles. The number of carbonyl (C=O) groups excluding carboxylic acids is 4. The standard InChI is InChI=1S/C39H46N4O7/c1-4-49-36(45)24-35(44)32(21-26(2)3)41-37(46)33(22-27-17-19-40-20-18-27)42-38(47)34(43-39(48)50-25-28-11-6-5-7-12-28)23-30-15-10-14-29-13-8-9-16-31(29)30/h5-20,26,32-35,44H,4,21-25H2,1-3H3,(H,41,46)(H,42,47)(H,43,48)/t32-,33?,34-,35-/m0/s1. The summed E-state index contributed by atoms with van der Waals surface area (Å²) in [5.74, 6) is -1.66. The van der Waals surface area contributed by atoms with Crippen molar-refractivity contribution in [2.75, 3.05) is 6.61 Å². The number of carbonyl (C=O) groups is 4. The van der Waals surface area contributed by atoms with Gasteiger partial charge in [-0.3, -0.25) is 19.4 Å². The van der Waals surface area contributed by atoms with Crippen LogP contribution in [0.4, 0.5) is 4.79 Å². The third kappa shape index (κ3) is 11.7. The molecule has 11 nitrogen and oxygen atoms in total. The van der Waals surface area contributed by atoms with Crippen LogP contribution in [0.25, 0.3) is 10.8 Å². The average Bonchev–Trinajstić information content (AvgIpc) is 3.10. The van der Waals surface area contributed by atoms with E-state index in [0.29, 0.717) is 6.42 Å². The number of hydrogen-bond donors (Lipinski definition) is 4. The molecule has 50 heavy (non-hydrogen) atoms. The Labute approximate surface area is 292 Å². The number of hydrogen-bond acceptors (Lipinski definition) is 8. The van der Waals surface area contributed by atoms with E-state index >= 15 is 0 Å². The summed E-state index contributed by atoms with van der Waals surface area (Å²) in [6.07, 6.45) is 1.47. The third-order valence-corrected chi connectivity index (χ3v) is 8.15. The van der Waals surface area contributed by atoms with Crippen LogP contribution in [0.5, 0.6) is 0 Å². The highest BCUT2D eigenvalue weighted by molar-refractivity contribution is 5.93. The summed E-state index contributed by atoms with van der Waals surface area (Å²) in [5.41, 5.74) is 2.34. The fourth-order valence-corrected chi connectivity index (χ4v) is 5.68. The monoisotopic (exact) mass is 682 g/mol. The predicted molar refractivity (Wildman–Crippen MR) is 190 cm³/mol. The molecule has 0 fully saturated rings. The van der Waals surface area contributed by atoms with Gasteiger partial charge in [0.15, 0.2) is 0 Å². The molecule has 0 spiro atoms. The molecular formula is C39H46N4O7. The van der Waals surface area contributed by atoms with Gasteiger partial charge in [-0.05, 0) is 58.9 Å². The fraction of sp³-hybridized carbons (Fsp3) is 0.359. The maximum atomic E-state index is 14.1. The second-order valence-electron chi connectivity index (χ2n) is 12.5. The molecule has 0 aliphatic carbocycles. The second-order valence-corrected chi connectivity index (χ2v) is 12.5. The lowest BCUT2D eigenvalue weighted by Crippen LogP contribution is -2.57. The zero-order valence-electron chi connectivity index (χ0n) is 28.7. The highest BCUT2D eigenvalue weighted by atomic mass is 16.5. The van der Waals surface area contributed by atoms with E-state index in [9.17, 15) is 24.3 Å². The number of pyridine rings is 1. The Kier molecular flexibility index (Phi) is 14.3. The molecule has 264 valence electrons. The number of amides is 3. The molecule has 0 saturated heterocycles. The van der Waals surface area contributed by atoms with E-state index in [-0.39, 0.29) is 38.4 Å². The summed E-state index contributed by atoms with van der Waals surface area (Å²) < 4.78 is 10.5. The van der Waals surface area contributed by atoms with Crippen LogP contribution < -0.4 is 16.0 Å². The Morgan fingerprint density at radius 3 is 2.12 bits per heavy atom. The van der Waals surface area contributed by atoms with Crippen molar-refractivity contribution in [1.29, 1.82) is 0 Å². The number of aromatic nitrogens is 1. The van der Waals surface area contributed by atoms with Crippen molar-refractivity contribution in [1.82, 2.24) is 20.9 Å². The first-order valence-corrected chi connectivity index (χ1v) is 16.9. The first kappa shape index (κ1) is 37.5. The SMILES string of the molecule is CCOC(=O)C[C@H](O)[C@H](CC(C)C)NC(=O)C(Cc1ccncc1)NC(=O)[C@H](Cc1cccc2ccccc12)NC(=O)OCc1ccccc1. The topological polar surface area (TPSA) is 156 Å². The first-order chi connectivity index (χ1) is 24.1. The number of nitrogens with zero attached hydrogens (tertiary/aromatic N) is 1. The van der Waals surface area contributed by atoms with Gasteiger partial charge in [-0.15, -0.1) is 0 Å². The minimum Gasteiger partial charge on any atom is -0.466 e. The molecule has 3 amide bonds. The summed E-state index contributed by atoms with van der Waals surface area (Å²) in [4.78, 5) is 57.4. The van der Waals surface area contributed by atoms with E-state index in [4.69, 9.17) is 9.47 Å². The number of alkyl carbamates (subject to hydrolysis) is 1.